The van der Waals surface area contributed by atoms with Crippen molar-refractivity contribution in [2.24, 2.45) is 0 Å². The Morgan fingerprint density at radius 2 is 2.11 bits per heavy atom. The molecule has 0 saturated heterocycles. The van der Waals surface area contributed by atoms with Crippen LogP contribution in [0.3, 0.4) is 0 Å². The molecule has 0 rings (SSSR count). The molecule has 0 amide bonds. The molecule has 0 aromatic heterocycles. The summed E-state index contributed by atoms with van der Waals surface area (Å²) in [6, 6.07) is 0. The van der Waals surface area contributed by atoms with Crippen molar-refractivity contribution in [3.8, 4) is 0 Å². The van der Waals surface area contributed by atoms with Gasteiger partial charge in [-0.05, 0) is 11.6 Å². The van der Waals surface area contributed by atoms with Crippen LogP contribution in [-0.4, -0.2) is 23.6 Å². The van der Waals surface area contributed by atoms with E-state index >= 15 is 0 Å². The van der Waals surface area contributed by atoms with Crippen molar-refractivity contribution in [1.29, 1.82) is 0 Å². The van der Waals surface area contributed by atoms with Gasteiger partial charge in [0.25, 0.3) is 0 Å². The van der Waals surface area contributed by atoms with Crippen molar-refractivity contribution in [3.05, 3.63) is 0 Å². The highest BCUT2D eigenvalue weighted by Gasteiger charge is 2.30. The molecule has 0 aliphatic rings. The van der Waals surface area contributed by atoms with Crippen molar-refractivity contribution in [2.75, 3.05) is 6.61 Å². The Labute approximate surface area is 54.2 Å². The maximum absolute atomic E-state index is 11.6. The van der Waals surface area contributed by atoms with Crippen LogP contribution in [0.15, 0.2) is 0 Å². The van der Waals surface area contributed by atoms with Crippen molar-refractivity contribution < 1.29 is 23.0 Å². The zero-order valence-corrected chi connectivity index (χ0v) is 4.91. The highest BCUT2D eigenvalue weighted by Crippen LogP contribution is 2.22. The van der Waals surface area contributed by atoms with Gasteiger partial charge in [0.15, 0.2) is 0 Å². The summed E-state index contributed by atoms with van der Waals surface area (Å²) in [5.41, 5.74) is -4.04. The first kappa shape index (κ1) is 9.00. The van der Waals surface area contributed by atoms with Crippen LogP contribution in [0.1, 0.15) is 0 Å². The molecule has 0 saturated carbocycles. The topological polar surface area (TPSA) is 29.5 Å². The van der Waals surface area contributed by atoms with Gasteiger partial charge < -0.3 is 5.11 Å². The second kappa shape index (κ2) is 3.24. The molecule has 1 atom stereocenters. The van der Waals surface area contributed by atoms with E-state index in [2.05, 4.69) is 16.3 Å². The normalized spacial score (nSPS) is 15.7. The zero-order valence-electron chi connectivity index (χ0n) is 4.15. The van der Waals surface area contributed by atoms with Crippen molar-refractivity contribution >= 4 is 11.6 Å². The maximum Gasteiger partial charge on any atom is 0.442 e. The summed E-state index contributed by atoms with van der Waals surface area (Å²) in [4.78, 5) is 0. The van der Waals surface area contributed by atoms with Gasteiger partial charge in [-0.3, -0.25) is 4.74 Å². The van der Waals surface area contributed by atoms with Gasteiger partial charge in [-0.2, -0.15) is 8.78 Å². The second-order valence-corrected chi connectivity index (χ2v) is 1.60. The van der Waals surface area contributed by atoms with E-state index in [4.69, 9.17) is 5.11 Å². The third kappa shape index (κ3) is 5.88. The molecule has 0 aliphatic heterocycles. The molecular formula is C3H4ClF3O2. The third-order valence-corrected chi connectivity index (χ3v) is 0.494. The molecule has 1 unspecified atom stereocenters. The van der Waals surface area contributed by atoms with E-state index in [-0.39, 0.29) is 0 Å². The Kier molecular flexibility index (Phi) is 3.24. The van der Waals surface area contributed by atoms with Crippen LogP contribution in [0.5, 0.6) is 0 Å². The van der Waals surface area contributed by atoms with Gasteiger partial charge >= 0.3 is 5.57 Å². The number of ether oxygens (including phenoxy) is 1. The number of hydrogen-bond acceptors (Lipinski definition) is 2. The fraction of sp³-hybridized carbons (Fsp3) is 1.00. The minimum Gasteiger partial charge on any atom is -0.391 e. The predicted octanol–water partition coefficient (Wildman–Crippen LogP) is 1.08. The minimum atomic E-state index is -4.04. The van der Waals surface area contributed by atoms with Gasteiger partial charge in [-0.1, -0.05) is 0 Å². The Morgan fingerprint density at radius 1 is 1.67 bits per heavy atom. The number of aliphatic hydroxyl groups is 1. The van der Waals surface area contributed by atoms with Crippen molar-refractivity contribution in [2.45, 2.75) is 11.9 Å². The van der Waals surface area contributed by atoms with Crippen molar-refractivity contribution in [3.63, 3.8) is 0 Å². The average molecular weight is 165 g/mol. The Hall–Kier alpha value is -0.0000000000000000555. The molecule has 0 aromatic carbocycles. The van der Waals surface area contributed by atoms with Gasteiger partial charge in [-0.15, -0.1) is 0 Å². The average Bonchev–Trinajstić information content (AvgIpc) is 1.62. The van der Waals surface area contributed by atoms with E-state index in [0.29, 0.717) is 0 Å². The number of hydrogen-bond donors (Lipinski definition) is 1. The lowest BCUT2D eigenvalue weighted by molar-refractivity contribution is -0.240. The number of alkyl halides is 4. The molecule has 9 heavy (non-hydrogen) atoms. The first-order chi connectivity index (χ1) is 3.95. The van der Waals surface area contributed by atoms with Crippen LogP contribution in [-0.2, 0) is 4.74 Å². The van der Waals surface area contributed by atoms with Gasteiger partial charge in [-0.25, -0.2) is 4.39 Å². The molecule has 0 bridgehead atoms. The van der Waals surface area contributed by atoms with Crippen LogP contribution in [0.2, 0.25) is 0 Å². The molecule has 0 fully saturated rings. The Bertz CT molecular complexity index is 83.6. The van der Waals surface area contributed by atoms with Crippen LogP contribution in [0.25, 0.3) is 0 Å². The molecule has 0 aromatic rings. The lowest BCUT2D eigenvalue weighted by atomic mass is 10.7. The molecule has 0 radical (unpaired) electrons. The Morgan fingerprint density at radius 3 is 2.22 bits per heavy atom. The first-order valence-corrected chi connectivity index (χ1v) is 2.33. The zero-order chi connectivity index (χ0) is 7.49. The summed E-state index contributed by atoms with van der Waals surface area (Å²) in [5.74, 6) is 0. The fourth-order valence-electron chi connectivity index (χ4n) is 0.182. The van der Waals surface area contributed by atoms with Gasteiger partial charge in [0, 0.05) is 0 Å². The fourth-order valence-corrected chi connectivity index (χ4v) is 0.279. The molecule has 0 aliphatic carbocycles. The highest BCUT2D eigenvalue weighted by atomic mass is 35.5. The molecule has 0 spiro atoms. The summed E-state index contributed by atoms with van der Waals surface area (Å²) in [5, 5.41) is 7.81. The number of rotatable bonds is 3. The second-order valence-electron chi connectivity index (χ2n) is 1.16. The van der Waals surface area contributed by atoms with E-state index in [1.54, 1.807) is 0 Å². The molecule has 2 nitrogen and oxygen atoms in total. The highest BCUT2D eigenvalue weighted by molar-refractivity contribution is 6.20. The Balaban J connectivity index is 3.47. The lowest BCUT2D eigenvalue weighted by Crippen LogP contribution is -2.21. The van der Waals surface area contributed by atoms with Crippen molar-refractivity contribution in [1.82, 2.24) is 0 Å². The summed E-state index contributed by atoms with van der Waals surface area (Å²) in [7, 11) is 0. The predicted molar refractivity (Wildman–Crippen MR) is 23.9 cm³/mol. The maximum atomic E-state index is 11.6. The molecule has 56 valence electrons. The summed E-state index contributed by atoms with van der Waals surface area (Å²) >= 11 is 4.10. The number of aliphatic hydroxyl groups excluding tert-OH is 1. The van der Waals surface area contributed by atoms with Crippen LogP contribution >= 0.6 is 11.6 Å². The largest absolute Gasteiger partial charge is 0.442 e. The van der Waals surface area contributed by atoms with Crippen LogP contribution in [0.4, 0.5) is 13.2 Å². The standard InChI is InChI=1S/C3H4ClF3O2/c4-3(6,7)9-2(5)1-8/h2,8H,1H2. The summed E-state index contributed by atoms with van der Waals surface area (Å²) < 4.78 is 37.4. The van der Waals surface area contributed by atoms with E-state index < -0.39 is 18.5 Å². The lowest BCUT2D eigenvalue weighted by Gasteiger charge is -2.09. The van der Waals surface area contributed by atoms with E-state index in [9.17, 15) is 13.2 Å². The van der Waals surface area contributed by atoms with E-state index in [1.165, 1.54) is 0 Å². The molecule has 0 heterocycles. The number of halogens is 4. The molecular weight excluding hydrogens is 160 g/mol. The minimum absolute atomic E-state index is 1.14. The van der Waals surface area contributed by atoms with Gasteiger partial charge in [0.2, 0.25) is 6.36 Å². The molecule has 6 heteroatoms. The van der Waals surface area contributed by atoms with Gasteiger partial charge in [0.1, 0.15) is 0 Å². The summed E-state index contributed by atoms with van der Waals surface area (Å²) in [6.45, 7) is -1.14. The quantitative estimate of drug-likeness (QED) is 0.633. The van der Waals surface area contributed by atoms with E-state index in [0.717, 1.165) is 0 Å². The van der Waals surface area contributed by atoms with Crippen LogP contribution < -0.4 is 0 Å². The summed E-state index contributed by atoms with van der Waals surface area (Å²) in [6.07, 6.45) is -2.43. The SMILES string of the molecule is OCC(F)OC(F)(F)Cl. The van der Waals surface area contributed by atoms with E-state index in [1.807, 2.05) is 0 Å². The smallest absolute Gasteiger partial charge is 0.391 e. The van der Waals surface area contributed by atoms with Gasteiger partial charge in [0.05, 0.1) is 6.61 Å². The van der Waals surface area contributed by atoms with Crippen LogP contribution in [0, 0.1) is 0 Å². The first-order valence-electron chi connectivity index (χ1n) is 1.95. The third-order valence-electron chi connectivity index (χ3n) is 0.405. The monoisotopic (exact) mass is 164 g/mol. The molecule has 1 N–H and O–H groups in total.